The molecule has 7 nitrogen and oxygen atoms in total. The zero-order valence-electron chi connectivity index (χ0n) is 13.5. The van der Waals surface area contributed by atoms with Gasteiger partial charge in [0.15, 0.2) is 6.61 Å². The summed E-state index contributed by atoms with van der Waals surface area (Å²) in [6.07, 6.45) is 4.77. The topological polar surface area (TPSA) is 89.8 Å². The molecule has 0 aliphatic carbocycles. The largest absolute Gasteiger partial charge is 0.452 e. The first-order valence-corrected chi connectivity index (χ1v) is 7.83. The fourth-order valence-corrected chi connectivity index (χ4v) is 2.56. The number of rotatable bonds is 5. The molecule has 1 heterocycles. The molecule has 24 heavy (non-hydrogen) atoms. The normalized spacial score (nSPS) is 17.7. The molecule has 1 atom stereocenters. The fourth-order valence-electron chi connectivity index (χ4n) is 2.56. The lowest BCUT2D eigenvalue weighted by Gasteiger charge is -2.30. The Morgan fingerprint density at radius 2 is 2.08 bits per heavy atom. The first-order valence-electron chi connectivity index (χ1n) is 7.83. The Balaban J connectivity index is 1.80. The van der Waals surface area contributed by atoms with E-state index >= 15 is 0 Å². The number of nitrogens with zero attached hydrogens (tertiary/aromatic N) is 2. The Kier molecular flexibility index (Phi) is 6.06. The zero-order valence-corrected chi connectivity index (χ0v) is 13.5. The number of nitro groups is 1. The van der Waals surface area contributed by atoms with Gasteiger partial charge in [0.05, 0.1) is 4.92 Å². The summed E-state index contributed by atoms with van der Waals surface area (Å²) in [5.41, 5.74) is 0.616. The number of piperidine rings is 1. The van der Waals surface area contributed by atoms with Crippen LogP contribution in [0.15, 0.2) is 30.3 Å². The molecule has 0 saturated carbocycles. The second-order valence-electron chi connectivity index (χ2n) is 5.88. The summed E-state index contributed by atoms with van der Waals surface area (Å²) in [6.45, 7) is 3.24. The van der Waals surface area contributed by atoms with Gasteiger partial charge in [0.25, 0.3) is 11.6 Å². The van der Waals surface area contributed by atoms with Crippen LogP contribution < -0.4 is 0 Å². The third kappa shape index (κ3) is 5.19. The van der Waals surface area contributed by atoms with Crippen LogP contribution in [0.5, 0.6) is 0 Å². The van der Waals surface area contributed by atoms with Gasteiger partial charge in [-0.2, -0.15) is 0 Å². The van der Waals surface area contributed by atoms with Crippen molar-refractivity contribution in [3.05, 3.63) is 46.0 Å². The summed E-state index contributed by atoms with van der Waals surface area (Å²) in [6, 6.07) is 5.77. The molecule has 1 aliphatic heterocycles. The van der Waals surface area contributed by atoms with Gasteiger partial charge in [0.2, 0.25) is 0 Å². The van der Waals surface area contributed by atoms with E-state index in [2.05, 4.69) is 6.92 Å². The predicted octanol–water partition coefficient (Wildman–Crippen LogP) is 2.41. The Hall–Kier alpha value is -2.70. The summed E-state index contributed by atoms with van der Waals surface area (Å²) >= 11 is 0. The molecule has 128 valence electrons. The molecule has 1 amide bonds. The Bertz CT molecular complexity index is 639. The number of esters is 1. The van der Waals surface area contributed by atoms with E-state index in [1.165, 1.54) is 36.4 Å². The van der Waals surface area contributed by atoms with Crippen molar-refractivity contribution in [2.75, 3.05) is 19.7 Å². The monoisotopic (exact) mass is 332 g/mol. The lowest BCUT2D eigenvalue weighted by atomic mass is 10.0. The molecule has 1 aliphatic rings. The molecule has 0 spiro atoms. The highest BCUT2D eigenvalue weighted by Crippen LogP contribution is 2.15. The minimum absolute atomic E-state index is 0.0175. The standard InChI is InChI=1S/C17H20N2O5/c1-13-3-2-10-18(11-13)16(20)12-24-17(21)9-6-14-4-7-15(8-5-14)19(22)23/h4-9,13H,2-3,10-12H2,1H3/b9-6+/t13-/m1/s1. The minimum atomic E-state index is -0.619. The second-order valence-corrected chi connectivity index (χ2v) is 5.88. The molecule has 1 saturated heterocycles. The fraction of sp³-hybridized carbons (Fsp3) is 0.412. The van der Waals surface area contributed by atoms with Crippen LogP contribution in [0.1, 0.15) is 25.3 Å². The Labute approximate surface area is 140 Å². The number of benzene rings is 1. The molecule has 1 aromatic rings. The smallest absolute Gasteiger partial charge is 0.331 e. The van der Waals surface area contributed by atoms with Crippen LogP contribution in [0.4, 0.5) is 5.69 Å². The van der Waals surface area contributed by atoms with Crippen LogP contribution in [0, 0.1) is 16.0 Å². The minimum Gasteiger partial charge on any atom is -0.452 e. The van der Waals surface area contributed by atoms with Crippen LogP contribution in [0.2, 0.25) is 0 Å². The van der Waals surface area contributed by atoms with Crippen molar-refractivity contribution in [1.82, 2.24) is 4.90 Å². The number of carbonyl (C=O) groups excluding carboxylic acids is 2. The maximum atomic E-state index is 12.0. The molecular formula is C17H20N2O5. The first kappa shape index (κ1) is 17.7. The lowest BCUT2D eigenvalue weighted by molar-refractivity contribution is -0.384. The van der Waals surface area contributed by atoms with E-state index in [1.54, 1.807) is 4.90 Å². The van der Waals surface area contributed by atoms with E-state index in [9.17, 15) is 19.7 Å². The molecule has 0 aromatic heterocycles. The number of non-ortho nitro benzene ring substituents is 1. The highest BCUT2D eigenvalue weighted by atomic mass is 16.6. The lowest BCUT2D eigenvalue weighted by Crippen LogP contribution is -2.41. The van der Waals surface area contributed by atoms with Crippen molar-refractivity contribution in [1.29, 1.82) is 0 Å². The van der Waals surface area contributed by atoms with E-state index in [0.717, 1.165) is 12.8 Å². The summed E-state index contributed by atoms with van der Waals surface area (Å²) < 4.78 is 4.95. The van der Waals surface area contributed by atoms with Crippen molar-refractivity contribution in [2.45, 2.75) is 19.8 Å². The van der Waals surface area contributed by atoms with Gasteiger partial charge in [-0.05, 0) is 42.5 Å². The SMILES string of the molecule is C[C@@H]1CCCN(C(=O)COC(=O)/C=C/c2ccc([N+](=O)[O-])cc2)C1. The van der Waals surface area contributed by atoms with Gasteiger partial charge < -0.3 is 9.64 Å². The number of hydrogen-bond acceptors (Lipinski definition) is 5. The number of likely N-dealkylation sites (tertiary alicyclic amines) is 1. The Morgan fingerprint density at radius 3 is 2.71 bits per heavy atom. The highest BCUT2D eigenvalue weighted by molar-refractivity contribution is 5.89. The highest BCUT2D eigenvalue weighted by Gasteiger charge is 2.21. The van der Waals surface area contributed by atoms with Crippen LogP contribution in [0.3, 0.4) is 0 Å². The van der Waals surface area contributed by atoms with Crippen LogP contribution in [-0.4, -0.2) is 41.4 Å². The number of nitro benzene ring substituents is 1. The molecule has 0 unspecified atom stereocenters. The molecule has 1 aromatic carbocycles. The average Bonchev–Trinajstić information content (AvgIpc) is 2.58. The predicted molar refractivity (Wildman–Crippen MR) is 88.1 cm³/mol. The summed E-state index contributed by atoms with van der Waals surface area (Å²) in [5.74, 6) is -0.328. The van der Waals surface area contributed by atoms with Crippen molar-refractivity contribution >= 4 is 23.6 Å². The van der Waals surface area contributed by atoms with E-state index in [0.29, 0.717) is 24.6 Å². The molecule has 0 radical (unpaired) electrons. The maximum Gasteiger partial charge on any atom is 0.331 e. The third-order valence-electron chi connectivity index (χ3n) is 3.86. The molecule has 1 fully saturated rings. The zero-order chi connectivity index (χ0) is 17.5. The average molecular weight is 332 g/mol. The van der Waals surface area contributed by atoms with Gasteiger partial charge >= 0.3 is 5.97 Å². The van der Waals surface area contributed by atoms with Crippen molar-refractivity contribution in [2.24, 2.45) is 5.92 Å². The van der Waals surface area contributed by atoms with Crippen LogP contribution in [0.25, 0.3) is 6.08 Å². The molecule has 2 rings (SSSR count). The van der Waals surface area contributed by atoms with Gasteiger partial charge in [0.1, 0.15) is 0 Å². The number of carbonyl (C=O) groups is 2. The van der Waals surface area contributed by atoms with Crippen LogP contribution in [-0.2, 0) is 14.3 Å². The van der Waals surface area contributed by atoms with Gasteiger partial charge in [-0.15, -0.1) is 0 Å². The first-order chi connectivity index (χ1) is 11.5. The summed E-state index contributed by atoms with van der Waals surface area (Å²) in [7, 11) is 0. The van der Waals surface area contributed by atoms with Crippen LogP contribution >= 0.6 is 0 Å². The Morgan fingerprint density at radius 1 is 1.38 bits per heavy atom. The number of amides is 1. The maximum absolute atomic E-state index is 12.0. The summed E-state index contributed by atoms with van der Waals surface area (Å²) in [4.78, 5) is 35.4. The molecular weight excluding hydrogens is 312 g/mol. The molecule has 0 N–H and O–H groups in total. The van der Waals surface area contributed by atoms with Gasteiger partial charge in [0, 0.05) is 31.3 Å². The van der Waals surface area contributed by atoms with E-state index in [1.807, 2.05) is 0 Å². The quantitative estimate of drug-likeness (QED) is 0.357. The van der Waals surface area contributed by atoms with Gasteiger partial charge in [-0.3, -0.25) is 14.9 Å². The molecule has 0 bridgehead atoms. The van der Waals surface area contributed by atoms with Crippen molar-refractivity contribution in [3.8, 4) is 0 Å². The molecule has 7 heteroatoms. The number of ether oxygens (including phenoxy) is 1. The summed E-state index contributed by atoms with van der Waals surface area (Å²) in [5, 5.41) is 10.6. The van der Waals surface area contributed by atoms with Crippen molar-refractivity contribution in [3.63, 3.8) is 0 Å². The third-order valence-corrected chi connectivity index (χ3v) is 3.86. The van der Waals surface area contributed by atoms with Crippen molar-refractivity contribution < 1.29 is 19.2 Å². The number of hydrogen-bond donors (Lipinski definition) is 0. The van der Waals surface area contributed by atoms with E-state index in [4.69, 9.17) is 4.74 Å². The van der Waals surface area contributed by atoms with Gasteiger partial charge in [-0.25, -0.2) is 4.79 Å². The van der Waals surface area contributed by atoms with Gasteiger partial charge in [-0.1, -0.05) is 6.92 Å². The van der Waals surface area contributed by atoms with E-state index in [-0.39, 0.29) is 18.2 Å². The second kappa shape index (κ2) is 8.24. The van der Waals surface area contributed by atoms with E-state index < -0.39 is 10.9 Å².